The summed E-state index contributed by atoms with van der Waals surface area (Å²) < 4.78 is 19.0. The number of carbonyl (C=O) groups excluding carboxylic acids is 1. The lowest BCUT2D eigenvalue weighted by Crippen LogP contribution is -2.33. The maximum Gasteiger partial charge on any atom is 0.319 e. The Morgan fingerprint density at radius 1 is 1.32 bits per heavy atom. The first-order valence-electron chi connectivity index (χ1n) is 7.01. The van der Waals surface area contributed by atoms with Gasteiger partial charge in [0.1, 0.15) is 0 Å². The first kappa shape index (κ1) is 15.9. The molecule has 0 saturated heterocycles. The highest BCUT2D eigenvalue weighted by atomic mass is 19.1. The lowest BCUT2D eigenvalue weighted by atomic mass is 10.1. The van der Waals surface area contributed by atoms with E-state index in [2.05, 4.69) is 15.6 Å². The average Bonchev–Trinajstić information content (AvgIpc) is 2.54. The van der Waals surface area contributed by atoms with E-state index in [4.69, 9.17) is 4.74 Å². The van der Waals surface area contributed by atoms with Gasteiger partial charge in [-0.15, -0.1) is 0 Å². The Morgan fingerprint density at radius 3 is 2.77 bits per heavy atom. The molecule has 116 valence electrons. The molecular formula is C16H18FN3O2. The highest BCUT2D eigenvalue weighted by Crippen LogP contribution is 2.16. The molecule has 22 heavy (non-hydrogen) atoms. The molecule has 1 heterocycles. The third-order valence-electron chi connectivity index (χ3n) is 3.01. The number of hydrogen-bond donors (Lipinski definition) is 2. The van der Waals surface area contributed by atoms with Gasteiger partial charge in [-0.3, -0.25) is 4.98 Å². The minimum atomic E-state index is -0.581. The van der Waals surface area contributed by atoms with E-state index in [9.17, 15) is 9.18 Å². The third-order valence-corrected chi connectivity index (χ3v) is 3.01. The van der Waals surface area contributed by atoms with Crippen LogP contribution in [0.3, 0.4) is 0 Å². The van der Waals surface area contributed by atoms with Crippen LogP contribution in [0.5, 0.6) is 0 Å². The van der Waals surface area contributed by atoms with Crippen LogP contribution in [0.15, 0.2) is 48.8 Å². The van der Waals surface area contributed by atoms with E-state index in [-0.39, 0.29) is 18.3 Å². The molecule has 2 N–H and O–H groups in total. The Hall–Kier alpha value is -2.47. The molecule has 0 fully saturated rings. The molecule has 1 aromatic heterocycles. The molecule has 0 aliphatic heterocycles. The second-order valence-corrected chi connectivity index (χ2v) is 4.55. The summed E-state index contributed by atoms with van der Waals surface area (Å²) in [6.07, 6.45) is 2.20. The Morgan fingerprint density at radius 2 is 2.09 bits per heavy atom. The van der Waals surface area contributed by atoms with Gasteiger partial charge < -0.3 is 15.4 Å². The lowest BCUT2D eigenvalue weighted by Gasteiger charge is -2.18. The Bertz CT molecular complexity index is 607. The van der Waals surface area contributed by atoms with E-state index in [0.717, 1.165) is 11.8 Å². The summed E-state index contributed by atoms with van der Waals surface area (Å²) in [4.78, 5) is 15.5. The summed E-state index contributed by atoms with van der Waals surface area (Å²) in [7, 11) is 0. The van der Waals surface area contributed by atoms with Crippen molar-refractivity contribution in [1.29, 1.82) is 0 Å². The molecule has 0 unspecified atom stereocenters. The van der Waals surface area contributed by atoms with Gasteiger partial charge in [-0.1, -0.05) is 30.3 Å². The first-order valence-corrected chi connectivity index (χ1v) is 7.01. The second kappa shape index (κ2) is 8.09. The number of rotatable bonds is 6. The molecule has 0 saturated carbocycles. The summed E-state index contributed by atoms with van der Waals surface area (Å²) in [5.74, 6) is -0.581. The molecule has 6 heteroatoms. The van der Waals surface area contributed by atoms with E-state index in [0.29, 0.717) is 6.61 Å². The number of amides is 2. The van der Waals surface area contributed by atoms with Crippen LogP contribution < -0.4 is 10.6 Å². The van der Waals surface area contributed by atoms with Gasteiger partial charge >= 0.3 is 6.03 Å². The van der Waals surface area contributed by atoms with Crippen LogP contribution in [0.4, 0.5) is 14.9 Å². The van der Waals surface area contributed by atoms with Crippen LogP contribution in [-0.2, 0) is 4.74 Å². The molecule has 2 amide bonds. The Labute approximate surface area is 128 Å². The number of urea groups is 1. The number of ether oxygens (including phenoxy) is 1. The maximum absolute atomic E-state index is 13.4. The molecule has 1 aromatic carbocycles. The van der Waals surface area contributed by atoms with Crippen LogP contribution in [-0.4, -0.2) is 24.2 Å². The van der Waals surface area contributed by atoms with Crippen molar-refractivity contribution in [1.82, 2.24) is 10.3 Å². The highest BCUT2D eigenvalue weighted by Gasteiger charge is 2.13. The second-order valence-electron chi connectivity index (χ2n) is 4.55. The number of pyridine rings is 1. The molecule has 1 atom stereocenters. The molecule has 0 bridgehead atoms. The molecule has 2 aromatic rings. The van der Waals surface area contributed by atoms with Crippen LogP contribution in [0.25, 0.3) is 0 Å². The van der Waals surface area contributed by atoms with Gasteiger partial charge in [0, 0.05) is 19.3 Å². The smallest absolute Gasteiger partial charge is 0.319 e. The Balaban J connectivity index is 1.92. The summed E-state index contributed by atoms with van der Waals surface area (Å²) in [5, 5.41) is 5.12. The zero-order valence-corrected chi connectivity index (χ0v) is 12.3. The van der Waals surface area contributed by atoms with Gasteiger partial charge in [0.2, 0.25) is 0 Å². The fourth-order valence-corrected chi connectivity index (χ4v) is 1.97. The number of nitrogens with one attached hydrogen (secondary N) is 2. The van der Waals surface area contributed by atoms with Gasteiger partial charge in [0.15, 0.2) is 5.82 Å². The van der Waals surface area contributed by atoms with Crippen LogP contribution in [0, 0.1) is 5.82 Å². The van der Waals surface area contributed by atoms with E-state index >= 15 is 0 Å². The van der Waals surface area contributed by atoms with Crippen molar-refractivity contribution in [2.75, 3.05) is 18.5 Å². The molecular weight excluding hydrogens is 285 g/mol. The molecule has 0 spiro atoms. The molecule has 2 rings (SSSR count). The lowest BCUT2D eigenvalue weighted by molar-refractivity contribution is 0.0643. The average molecular weight is 303 g/mol. The minimum Gasteiger partial charge on any atom is -0.372 e. The van der Waals surface area contributed by atoms with Crippen molar-refractivity contribution < 1.29 is 13.9 Å². The number of hydrogen-bond acceptors (Lipinski definition) is 3. The largest absolute Gasteiger partial charge is 0.372 e. The zero-order chi connectivity index (χ0) is 15.8. The van der Waals surface area contributed by atoms with Crippen LogP contribution in [0.1, 0.15) is 18.6 Å². The SMILES string of the molecule is CCO[C@H](CNC(=O)Nc1ccncc1F)c1ccccc1. The normalized spacial score (nSPS) is 11.7. The number of halogens is 1. The molecule has 0 aliphatic carbocycles. The minimum absolute atomic E-state index is 0.0835. The fourth-order valence-electron chi connectivity index (χ4n) is 1.97. The standard InChI is InChI=1S/C16H18FN3O2/c1-2-22-15(12-6-4-3-5-7-12)11-19-16(21)20-14-8-9-18-10-13(14)17/h3-10,15H,2,11H2,1H3,(H2,18,19,20,21)/t15-/m1/s1. The first-order chi connectivity index (χ1) is 10.7. The highest BCUT2D eigenvalue weighted by molar-refractivity contribution is 5.89. The van der Waals surface area contributed by atoms with Crippen LogP contribution >= 0.6 is 0 Å². The number of aromatic nitrogens is 1. The molecule has 0 aliphatic rings. The van der Waals surface area contributed by atoms with E-state index < -0.39 is 11.8 Å². The quantitative estimate of drug-likeness (QED) is 0.862. The van der Waals surface area contributed by atoms with Gasteiger partial charge in [0.25, 0.3) is 0 Å². The summed E-state index contributed by atoms with van der Waals surface area (Å²) in [6.45, 7) is 2.71. The van der Waals surface area contributed by atoms with Crippen molar-refractivity contribution in [3.63, 3.8) is 0 Å². The van der Waals surface area contributed by atoms with Gasteiger partial charge in [-0.25, -0.2) is 9.18 Å². The Kier molecular flexibility index (Phi) is 5.85. The van der Waals surface area contributed by atoms with E-state index in [1.54, 1.807) is 0 Å². The molecule has 0 radical (unpaired) electrons. The van der Waals surface area contributed by atoms with E-state index in [1.165, 1.54) is 12.3 Å². The van der Waals surface area contributed by atoms with Crippen LogP contribution in [0.2, 0.25) is 0 Å². The topological polar surface area (TPSA) is 63.2 Å². The predicted molar refractivity (Wildman–Crippen MR) is 82.0 cm³/mol. The summed E-state index contributed by atoms with van der Waals surface area (Å²) >= 11 is 0. The van der Waals surface area contributed by atoms with Gasteiger partial charge in [0.05, 0.1) is 18.0 Å². The number of anilines is 1. The predicted octanol–water partition coefficient (Wildman–Crippen LogP) is 3.12. The number of nitrogens with zero attached hydrogens (tertiary/aromatic N) is 1. The van der Waals surface area contributed by atoms with Crippen molar-refractivity contribution >= 4 is 11.7 Å². The van der Waals surface area contributed by atoms with Crippen molar-refractivity contribution in [2.24, 2.45) is 0 Å². The number of benzene rings is 1. The fraction of sp³-hybridized carbons (Fsp3) is 0.250. The van der Waals surface area contributed by atoms with Crippen molar-refractivity contribution in [2.45, 2.75) is 13.0 Å². The summed E-state index contributed by atoms with van der Waals surface area (Å²) in [5.41, 5.74) is 1.06. The monoisotopic (exact) mass is 303 g/mol. The zero-order valence-electron chi connectivity index (χ0n) is 12.3. The van der Waals surface area contributed by atoms with E-state index in [1.807, 2.05) is 37.3 Å². The third kappa shape index (κ3) is 4.53. The van der Waals surface area contributed by atoms with Gasteiger partial charge in [-0.2, -0.15) is 0 Å². The number of carbonyl (C=O) groups is 1. The van der Waals surface area contributed by atoms with Crippen molar-refractivity contribution in [3.05, 3.63) is 60.2 Å². The van der Waals surface area contributed by atoms with Gasteiger partial charge in [-0.05, 0) is 18.6 Å². The van der Waals surface area contributed by atoms with Crippen molar-refractivity contribution in [3.8, 4) is 0 Å². The maximum atomic E-state index is 13.4. The molecule has 5 nitrogen and oxygen atoms in total. The summed E-state index contributed by atoms with van der Waals surface area (Å²) in [6, 6.07) is 10.5.